The Morgan fingerprint density at radius 1 is 0.492 bits per heavy atom. The Hall–Kier alpha value is -6.71. The second kappa shape index (κ2) is 14.8. The van der Waals surface area contributed by atoms with Crippen LogP contribution < -0.4 is 15.2 Å². The van der Waals surface area contributed by atoms with Crippen molar-refractivity contribution in [2.24, 2.45) is 0 Å². The van der Waals surface area contributed by atoms with Crippen molar-refractivity contribution >= 4 is 140 Å². The lowest BCUT2D eigenvalue weighted by Gasteiger charge is -2.09. The second-order valence-corrected chi connectivity index (χ2v) is 16.2. The molecule has 302 valence electrons. The van der Waals surface area contributed by atoms with Crippen LogP contribution in [0.25, 0.3) is 87.2 Å². The summed E-state index contributed by atoms with van der Waals surface area (Å²) in [5.74, 6) is 1.71. The molecule has 6 aromatic heterocycles. The predicted molar refractivity (Wildman–Crippen MR) is 244 cm³/mol. The van der Waals surface area contributed by atoms with Gasteiger partial charge in [0.05, 0.1) is 47.6 Å². The molecular formula is C43H30Cl4N12O2. The Kier molecular flexibility index (Phi) is 9.04. The van der Waals surface area contributed by atoms with Gasteiger partial charge in [0.25, 0.3) is 0 Å². The molecule has 0 fully saturated rings. The van der Waals surface area contributed by atoms with E-state index >= 15 is 0 Å². The van der Waals surface area contributed by atoms with Crippen LogP contribution in [0.5, 0.6) is 11.5 Å². The number of nitrogen functional groups attached to an aromatic ring is 1. The van der Waals surface area contributed by atoms with E-state index < -0.39 is 0 Å². The van der Waals surface area contributed by atoms with E-state index in [9.17, 15) is 0 Å². The van der Waals surface area contributed by atoms with Gasteiger partial charge in [-0.05, 0) is 95.4 Å². The molecule has 0 spiro atoms. The number of hydrogen-bond acceptors (Lipinski definition) is 8. The average Bonchev–Trinajstić information content (AvgIpc) is 4.12. The molecule has 6 heterocycles. The van der Waals surface area contributed by atoms with Crippen LogP contribution in [-0.4, -0.2) is 68.4 Å². The molecule has 12 aromatic rings. The van der Waals surface area contributed by atoms with Gasteiger partial charge in [0.15, 0.2) is 11.5 Å². The molecular weight excluding hydrogens is 858 g/mol. The Balaban J connectivity index is 0.000000138. The summed E-state index contributed by atoms with van der Waals surface area (Å²) in [4.78, 5) is 15.6. The minimum absolute atomic E-state index is 0.243. The number of nitrogens with two attached hydrogens (primary N) is 1. The molecule has 0 aliphatic carbocycles. The molecule has 0 saturated heterocycles. The van der Waals surface area contributed by atoms with E-state index in [0.29, 0.717) is 52.1 Å². The standard InChI is InChI=1S/C22H15Cl2N5O.C21H15Cl2N7O/c23-12-1-3-18-14(9-12)16-11-17-15-10-13(24)2-4-19(15)28-21(17)22(20(16)27-18)30-8-7-29-25-5-6-26-29;22-10-1-3-16-12(7-10)14-9-15-13-8-11(23)2-4-17(13)26-19(15)20(18(14)25-16)31-6-5-30-21(24)27-28-29-30/h1-6,9-11,27-28H,7-8H2;1-4,7-9,25-26H,5-6H2,(H2,24,27,29). The number of nitrogens with one attached hydrogen (secondary N) is 4. The van der Waals surface area contributed by atoms with E-state index in [-0.39, 0.29) is 5.95 Å². The maximum atomic E-state index is 6.30. The average molecular weight is 889 g/mol. The van der Waals surface area contributed by atoms with Crippen molar-refractivity contribution < 1.29 is 9.47 Å². The Bertz CT molecular complexity index is 3450. The third kappa shape index (κ3) is 6.55. The normalized spacial score (nSPS) is 11.9. The first-order valence-corrected chi connectivity index (χ1v) is 20.6. The molecule has 6 N–H and O–H groups in total. The SMILES string of the molecule is Clc1ccc2[nH]c3c(OCCn4nccn4)c4[nH]c5ccc(Cl)cc5c4cc3c2c1.Nc1nnnn1CCOc1c2[nH]c3ccc(Cl)cc3c2cc2c1[nH]c1ccc(Cl)cc12. The van der Waals surface area contributed by atoms with Crippen molar-refractivity contribution in [3.63, 3.8) is 0 Å². The zero-order chi connectivity index (χ0) is 41.4. The number of benzene rings is 6. The van der Waals surface area contributed by atoms with Crippen LogP contribution in [0, 0.1) is 0 Å². The van der Waals surface area contributed by atoms with E-state index in [4.69, 9.17) is 61.6 Å². The van der Waals surface area contributed by atoms with Crippen molar-refractivity contribution in [1.29, 1.82) is 0 Å². The first-order chi connectivity index (χ1) is 29.8. The summed E-state index contributed by atoms with van der Waals surface area (Å²) in [6, 6.07) is 27.5. The minimum atomic E-state index is 0.243. The fourth-order valence-electron chi connectivity index (χ4n) is 8.08. The number of aromatic nitrogens is 11. The number of tetrazole rings is 1. The summed E-state index contributed by atoms with van der Waals surface area (Å²) >= 11 is 25.1. The third-order valence-electron chi connectivity index (χ3n) is 10.8. The minimum Gasteiger partial charge on any atom is -0.487 e. The number of aromatic amines is 4. The van der Waals surface area contributed by atoms with E-state index in [1.807, 2.05) is 72.8 Å². The smallest absolute Gasteiger partial charge is 0.240 e. The van der Waals surface area contributed by atoms with Gasteiger partial charge in [0, 0.05) is 85.2 Å². The summed E-state index contributed by atoms with van der Waals surface area (Å²) in [5, 5.41) is 30.4. The number of ether oxygens (including phenoxy) is 2. The van der Waals surface area contributed by atoms with E-state index in [2.05, 4.69) is 57.8 Å². The highest BCUT2D eigenvalue weighted by atomic mass is 35.5. The summed E-state index contributed by atoms with van der Waals surface area (Å²) in [5.41, 5.74) is 13.3. The molecule has 0 aliphatic heterocycles. The van der Waals surface area contributed by atoms with Crippen LogP contribution in [0.1, 0.15) is 0 Å². The van der Waals surface area contributed by atoms with Crippen LogP contribution in [0.4, 0.5) is 5.95 Å². The number of halogens is 4. The zero-order valence-corrected chi connectivity index (χ0v) is 34.6. The quantitative estimate of drug-likeness (QED) is 0.0999. The summed E-state index contributed by atoms with van der Waals surface area (Å²) in [6.45, 7) is 1.71. The van der Waals surface area contributed by atoms with E-state index in [1.54, 1.807) is 17.2 Å². The highest BCUT2D eigenvalue weighted by Gasteiger charge is 2.20. The maximum absolute atomic E-state index is 6.30. The molecule has 61 heavy (non-hydrogen) atoms. The maximum Gasteiger partial charge on any atom is 0.240 e. The largest absolute Gasteiger partial charge is 0.487 e. The van der Waals surface area contributed by atoms with Crippen LogP contribution in [0.3, 0.4) is 0 Å². The molecule has 0 atom stereocenters. The van der Waals surface area contributed by atoms with Crippen molar-refractivity contribution in [2.75, 3.05) is 18.9 Å². The van der Waals surface area contributed by atoms with Crippen LogP contribution in [0.2, 0.25) is 20.1 Å². The van der Waals surface area contributed by atoms with Gasteiger partial charge in [0.1, 0.15) is 13.2 Å². The summed E-state index contributed by atoms with van der Waals surface area (Å²) in [7, 11) is 0. The number of anilines is 1. The molecule has 12 rings (SSSR count). The number of fused-ring (bicyclic) bond motifs is 12. The van der Waals surface area contributed by atoms with Gasteiger partial charge in [-0.2, -0.15) is 15.0 Å². The van der Waals surface area contributed by atoms with Gasteiger partial charge in [-0.1, -0.05) is 51.5 Å². The van der Waals surface area contributed by atoms with E-state index in [1.165, 1.54) is 4.68 Å². The Morgan fingerprint density at radius 2 is 0.869 bits per heavy atom. The van der Waals surface area contributed by atoms with Gasteiger partial charge in [-0.3, -0.25) is 0 Å². The van der Waals surface area contributed by atoms with Crippen molar-refractivity contribution in [3.05, 3.63) is 117 Å². The van der Waals surface area contributed by atoms with Crippen molar-refractivity contribution in [1.82, 2.24) is 55.1 Å². The van der Waals surface area contributed by atoms with Crippen molar-refractivity contribution in [3.8, 4) is 11.5 Å². The lowest BCUT2D eigenvalue weighted by atomic mass is 10.1. The highest BCUT2D eigenvalue weighted by Crippen LogP contribution is 2.43. The molecule has 0 bridgehead atoms. The van der Waals surface area contributed by atoms with Crippen molar-refractivity contribution in [2.45, 2.75) is 13.1 Å². The number of nitrogens with zero attached hydrogens (tertiary/aromatic N) is 7. The van der Waals surface area contributed by atoms with Gasteiger partial charge >= 0.3 is 0 Å². The Morgan fingerprint density at radius 3 is 1.23 bits per heavy atom. The molecule has 0 aliphatic rings. The molecule has 14 nitrogen and oxygen atoms in total. The first kappa shape index (κ1) is 37.3. The predicted octanol–water partition coefficient (Wildman–Crippen LogP) is 10.8. The monoisotopic (exact) mass is 886 g/mol. The summed E-state index contributed by atoms with van der Waals surface area (Å²) in [6.07, 6.45) is 3.31. The molecule has 0 radical (unpaired) electrons. The number of hydrogen-bond donors (Lipinski definition) is 5. The molecule has 0 unspecified atom stereocenters. The van der Waals surface area contributed by atoms with Crippen LogP contribution in [-0.2, 0) is 13.1 Å². The highest BCUT2D eigenvalue weighted by molar-refractivity contribution is 6.34. The molecule has 0 amide bonds. The lowest BCUT2D eigenvalue weighted by molar-refractivity contribution is 0.287. The molecule has 6 aromatic carbocycles. The van der Waals surface area contributed by atoms with Crippen LogP contribution in [0.15, 0.2) is 97.3 Å². The summed E-state index contributed by atoms with van der Waals surface area (Å²) < 4.78 is 14.1. The first-order valence-electron chi connectivity index (χ1n) is 19.1. The van der Waals surface area contributed by atoms with Gasteiger partial charge in [-0.25, -0.2) is 4.68 Å². The molecule has 18 heteroatoms. The third-order valence-corrected chi connectivity index (χ3v) is 11.7. The second-order valence-electron chi connectivity index (χ2n) is 14.4. The van der Waals surface area contributed by atoms with E-state index in [0.717, 1.165) is 93.0 Å². The number of H-pyrrole nitrogens is 4. The van der Waals surface area contributed by atoms with Gasteiger partial charge in [-0.15, -0.1) is 0 Å². The zero-order valence-electron chi connectivity index (χ0n) is 31.6. The van der Waals surface area contributed by atoms with Gasteiger partial charge in [0.2, 0.25) is 5.95 Å². The fraction of sp³-hybridized carbons (Fsp3) is 0.0930. The number of rotatable bonds is 8. The fourth-order valence-corrected chi connectivity index (χ4v) is 8.76. The molecule has 0 saturated carbocycles. The Labute approximate surface area is 363 Å². The lowest BCUT2D eigenvalue weighted by Crippen LogP contribution is -2.12. The topological polar surface area (TPSA) is 182 Å². The van der Waals surface area contributed by atoms with Gasteiger partial charge < -0.3 is 35.1 Å². The van der Waals surface area contributed by atoms with Crippen LogP contribution >= 0.6 is 46.4 Å².